The number of benzene rings is 1. The molecule has 1 aliphatic carbocycles. The maximum Gasteiger partial charge on any atom is 0.240 e. The second kappa shape index (κ2) is 9.66. The highest BCUT2D eigenvalue weighted by molar-refractivity contribution is 7.89. The Morgan fingerprint density at radius 2 is 1.80 bits per heavy atom. The summed E-state index contributed by atoms with van der Waals surface area (Å²) in [6.45, 7) is 3.87. The number of hydrogen-bond donors (Lipinski definition) is 2. The molecule has 0 amide bonds. The van der Waals surface area contributed by atoms with Crippen molar-refractivity contribution in [2.45, 2.75) is 56.1 Å². The van der Waals surface area contributed by atoms with Crippen molar-refractivity contribution in [3.05, 3.63) is 29.8 Å². The van der Waals surface area contributed by atoms with Crippen LogP contribution in [0.1, 0.15) is 44.1 Å². The molecule has 3 unspecified atom stereocenters. The predicted octanol–water partition coefficient (Wildman–Crippen LogP) is 2.34. The van der Waals surface area contributed by atoms with Crippen molar-refractivity contribution in [1.82, 2.24) is 14.9 Å². The molecule has 1 aromatic rings. The summed E-state index contributed by atoms with van der Waals surface area (Å²) in [5.41, 5.74) is 1.03. The Balaban J connectivity index is 1.29. The number of aliphatic imine (C=N–C) groups is 1. The van der Waals surface area contributed by atoms with E-state index in [-0.39, 0.29) is 11.0 Å². The average Bonchev–Trinajstić information content (AvgIpc) is 3.43. The van der Waals surface area contributed by atoms with E-state index in [4.69, 9.17) is 4.74 Å². The number of likely N-dealkylation sites (tertiary alicyclic amines) is 1. The monoisotopic (exact) mass is 434 g/mol. The molecule has 7 nitrogen and oxygen atoms in total. The molecular formula is C22H34N4O3S. The highest BCUT2D eigenvalue weighted by atomic mass is 32.2. The summed E-state index contributed by atoms with van der Waals surface area (Å²) < 4.78 is 33.2. The molecule has 8 heteroatoms. The van der Waals surface area contributed by atoms with Crippen molar-refractivity contribution >= 4 is 16.0 Å². The molecule has 30 heavy (non-hydrogen) atoms. The van der Waals surface area contributed by atoms with E-state index in [2.05, 4.69) is 19.9 Å². The molecule has 0 radical (unpaired) electrons. The van der Waals surface area contributed by atoms with Gasteiger partial charge in [-0.3, -0.25) is 4.99 Å². The van der Waals surface area contributed by atoms with Gasteiger partial charge in [0.25, 0.3) is 0 Å². The fourth-order valence-electron chi connectivity index (χ4n) is 4.97. The van der Waals surface area contributed by atoms with Crippen LogP contribution in [0, 0.1) is 11.8 Å². The van der Waals surface area contributed by atoms with Crippen LogP contribution < -0.4 is 10.0 Å². The molecule has 1 aromatic carbocycles. The van der Waals surface area contributed by atoms with Crippen molar-refractivity contribution in [1.29, 1.82) is 0 Å². The smallest absolute Gasteiger partial charge is 0.240 e. The minimum atomic E-state index is -3.51. The number of rotatable bonds is 6. The van der Waals surface area contributed by atoms with Crippen LogP contribution in [-0.4, -0.2) is 58.7 Å². The summed E-state index contributed by atoms with van der Waals surface area (Å²) in [4.78, 5) is 7.15. The lowest BCUT2D eigenvalue weighted by Crippen LogP contribution is -2.39. The van der Waals surface area contributed by atoms with Gasteiger partial charge in [0, 0.05) is 39.8 Å². The van der Waals surface area contributed by atoms with E-state index in [1.807, 2.05) is 19.2 Å². The third-order valence-electron chi connectivity index (χ3n) is 6.70. The Bertz CT molecular complexity index is 820. The summed E-state index contributed by atoms with van der Waals surface area (Å²) in [5, 5.41) is 3.45. The average molecular weight is 435 g/mol. The first-order chi connectivity index (χ1) is 14.5. The summed E-state index contributed by atoms with van der Waals surface area (Å²) in [7, 11) is -1.68. The lowest BCUT2D eigenvalue weighted by molar-refractivity contribution is 0.114. The minimum Gasteiger partial charge on any atom is -0.377 e. The van der Waals surface area contributed by atoms with Crippen molar-refractivity contribution in [3.63, 3.8) is 0 Å². The van der Waals surface area contributed by atoms with Gasteiger partial charge < -0.3 is 15.0 Å². The van der Waals surface area contributed by atoms with Gasteiger partial charge in [-0.1, -0.05) is 25.0 Å². The number of sulfonamides is 1. The highest BCUT2D eigenvalue weighted by Gasteiger charge is 2.35. The van der Waals surface area contributed by atoms with Crippen LogP contribution in [0.25, 0.3) is 0 Å². The molecule has 0 aromatic heterocycles. The molecule has 2 heterocycles. The Morgan fingerprint density at radius 1 is 1.10 bits per heavy atom. The molecule has 3 aliphatic rings. The van der Waals surface area contributed by atoms with Crippen LogP contribution in [0.2, 0.25) is 0 Å². The normalized spacial score (nSPS) is 27.3. The standard InChI is InChI=1S/C22H34N4O3S/c1-23-22(26-15-18-5-2-3-6-19(18)16-26)24-13-17-8-10-21(11-9-17)30(27,28)25-14-20-7-4-12-29-20/h8-11,18-20,25H,2-7,12-16H2,1H3,(H,23,24). The molecule has 0 bridgehead atoms. The third kappa shape index (κ3) is 5.15. The second-order valence-electron chi connectivity index (χ2n) is 8.74. The zero-order valence-corrected chi connectivity index (χ0v) is 18.7. The maximum atomic E-state index is 12.5. The Labute approximate surface area is 180 Å². The van der Waals surface area contributed by atoms with Gasteiger partial charge >= 0.3 is 0 Å². The molecule has 166 valence electrons. The van der Waals surface area contributed by atoms with Gasteiger partial charge in [0.15, 0.2) is 5.96 Å². The zero-order valence-electron chi connectivity index (χ0n) is 17.8. The van der Waals surface area contributed by atoms with Crippen molar-refractivity contribution in [3.8, 4) is 0 Å². The number of fused-ring (bicyclic) bond motifs is 1. The first kappa shape index (κ1) is 21.6. The van der Waals surface area contributed by atoms with E-state index >= 15 is 0 Å². The van der Waals surface area contributed by atoms with Crippen molar-refractivity contribution < 1.29 is 13.2 Å². The SMILES string of the molecule is CN=C(NCc1ccc(S(=O)(=O)NCC2CCCO2)cc1)N1CC2CCCCC2C1. The zero-order chi connectivity index (χ0) is 21.0. The molecule has 4 rings (SSSR count). The number of ether oxygens (including phenoxy) is 1. The van der Waals surface area contributed by atoms with Gasteiger partial charge in [-0.05, 0) is 55.2 Å². The predicted molar refractivity (Wildman–Crippen MR) is 118 cm³/mol. The molecule has 3 fully saturated rings. The van der Waals surface area contributed by atoms with Crippen LogP contribution in [0.5, 0.6) is 0 Å². The lowest BCUT2D eigenvalue weighted by Gasteiger charge is -2.22. The second-order valence-corrected chi connectivity index (χ2v) is 10.5. The molecule has 2 aliphatic heterocycles. The van der Waals surface area contributed by atoms with Crippen LogP contribution in [0.15, 0.2) is 34.2 Å². The molecule has 0 spiro atoms. The number of nitrogens with zero attached hydrogens (tertiary/aromatic N) is 2. The van der Waals surface area contributed by atoms with Crippen LogP contribution in [0.3, 0.4) is 0 Å². The van der Waals surface area contributed by atoms with E-state index < -0.39 is 10.0 Å². The lowest BCUT2D eigenvalue weighted by atomic mass is 9.82. The van der Waals surface area contributed by atoms with E-state index in [0.717, 1.165) is 55.9 Å². The van der Waals surface area contributed by atoms with Gasteiger partial charge in [0.1, 0.15) is 0 Å². The first-order valence-corrected chi connectivity index (χ1v) is 12.7. The van der Waals surface area contributed by atoms with Crippen LogP contribution >= 0.6 is 0 Å². The number of guanidine groups is 1. The number of nitrogens with one attached hydrogen (secondary N) is 2. The van der Waals surface area contributed by atoms with Gasteiger partial charge in [0.05, 0.1) is 11.0 Å². The van der Waals surface area contributed by atoms with E-state index in [1.54, 1.807) is 12.1 Å². The Hall–Kier alpha value is -1.64. The largest absolute Gasteiger partial charge is 0.377 e. The molecule has 3 atom stereocenters. The minimum absolute atomic E-state index is 0.00980. The third-order valence-corrected chi connectivity index (χ3v) is 8.14. The topological polar surface area (TPSA) is 83.0 Å². The van der Waals surface area contributed by atoms with Crippen LogP contribution in [-0.2, 0) is 21.3 Å². The summed E-state index contributed by atoms with van der Waals surface area (Å²) in [5.74, 6) is 2.56. The van der Waals surface area contributed by atoms with Crippen molar-refractivity contribution in [2.24, 2.45) is 16.8 Å². The Kier molecular flexibility index (Phi) is 6.95. The van der Waals surface area contributed by atoms with Gasteiger partial charge in [-0.2, -0.15) is 0 Å². The van der Waals surface area contributed by atoms with E-state index in [1.165, 1.54) is 25.7 Å². The van der Waals surface area contributed by atoms with Gasteiger partial charge in [0.2, 0.25) is 10.0 Å². The quantitative estimate of drug-likeness (QED) is 0.530. The van der Waals surface area contributed by atoms with Gasteiger partial charge in [-0.15, -0.1) is 0 Å². The Morgan fingerprint density at radius 3 is 2.40 bits per heavy atom. The molecular weight excluding hydrogens is 400 g/mol. The summed E-state index contributed by atoms with van der Waals surface area (Å²) in [6.07, 6.45) is 7.30. The van der Waals surface area contributed by atoms with Gasteiger partial charge in [-0.25, -0.2) is 13.1 Å². The number of hydrogen-bond acceptors (Lipinski definition) is 4. The summed E-state index contributed by atoms with van der Waals surface area (Å²) in [6, 6.07) is 7.07. The summed E-state index contributed by atoms with van der Waals surface area (Å²) >= 11 is 0. The van der Waals surface area contributed by atoms with E-state index in [9.17, 15) is 8.42 Å². The fraction of sp³-hybridized carbons (Fsp3) is 0.682. The maximum absolute atomic E-state index is 12.5. The van der Waals surface area contributed by atoms with Crippen molar-refractivity contribution in [2.75, 3.05) is 33.3 Å². The highest BCUT2D eigenvalue weighted by Crippen LogP contribution is 2.35. The molecule has 2 saturated heterocycles. The molecule has 2 N–H and O–H groups in total. The van der Waals surface area contributed by atoms with Crippen LogP contribution in [0.4, 0.5) is 0 Å². The van der Waals surface area contributed by atoms with E-state index in [0.29, 0.717) is 13.1 Å². The molecule has 1 saturated carbocycles. The fourth-order valence-corrected chi connectivity index (χ4v) is 6.04. The first-order valence-electron chi connectivity index (χ1n) is 11.2.